The van der Waals surface area contributed by atoms with Crippen molar-refractivity contribution < 1.29 is 14.7 Å². The van der Waals surface area contributed by atoms with Crippen LogP contribution < -0.4 is 10.6 Å². The van der Waals surface area contributed by atoms with Crippen LogP contribution in [-0.4, -0.2) is 35.2 Å². The van der Waals surface area contributed by atoms with Crippen LogP contribution in [0.15, 0.2) is 48.8 Å². The van der Waals surface area contributed by atoms with Gasteiger partial charge in [-0.3, -0.25) is 9.78 Å². The highest BCUT2D eigenvalue weighted by atomic mass is 16.4. The third kappa shape index (κ3) is 5.54. The fourth-order valence-corrected chi connectivity index (χ4v) is 3.56. The molecule has 0 aliphatic heterocycles. The summed E-state index contributed by atoms with van der Waals surface area (Å²) < 4.78 is 0. The molecular weight excluding hydrogens is 342 g/mol. The number of carbonyl (C=O) groups is 2. The number of carbonyl (C=O) groups excluding carboxylic acids is 1. The van der Waals surface area contributed by atoms with Crippen LogP contribution in [0.25, 0.3) is 11.1 Å². The van der Waals surface area contributed by atoms with Gasteiger partial charge in [-0.25, -0.2) is 4.79 Å². The van der Waals surface area contributed by atoms with Gasteiger partial charge in [0, 0.05) is 31.0 Å². The van der Waals surface area contributed by atoms with Crippen molar-refractivity contribution in [3.63, 3.8) is 0 Å². The number of hydrogen-bond acceptors (Lipinski definition) is 3. The van der Waals surface area contributed by atoms with Crippen molar-refractivity contribution in [2.45, 2.75) is 25.7 Å². The molecular formula is C21H25N3O3. The maximum Gasteiger partial charge on any atom is 0.404 e. The summed E-state index contributed by atoms with van der Waals surface area (Å²) in [5.74, 6) is 0.745. The standard InChI is InChI=1S/C21H25N3O3/c25-20(19-10-18(13-22-14-19)17-4-2-1-3-5-17)23-11-15-6-8-16(9-7-15)12-24-21(26)27/h1-5,10,13-16,24H,6-9,11-12H2,(H,23,25)(H,26,27). The lowest BCUT2D eigenvalue weighted by Crippen LogP contribution is -2.34. The van der Waals surface area contributed by atoms with Crippen LogP contribution in [0.1, 0.15) is 36.0 Å². The first-order valence-electron chi connectivity index (χ1n) is 9.37. The third-order valence-electron chi connectivity index (χ3n) is 5.17. The molecule has 1 aromatic heterocycles. The van der Waals surface area contributed by atoms with Gasteiger partial charge in [0.25, 0.3) is 5.91 Å². The Kier molecular flexibility index (Phi) is 6.41. The molecule has 3 N–H and O–H groups in total. The smallest absolute Gasteiger partial charge is 0.404 e. The fourth-order valence-electron chi connectivity index (χ4n) is 3.56. The molecule has 6 nitrogen and oxygen atoms in total. The molecule has 1 aliphatic carbocycles. The van der Waals surface area contributed by atoms with E-state index in [1.165, 1.54) is 0 Å². The van der Waals surface area contributed by atoms with Crippen LogP contribution in [-0.2, 0) is 0 Å². The second kappa shape index (κ2) is 9.16. The zero-order chi connectivity index (χ0) is 19.1. The first-order valence-corrected chi connectivity index (χ1v) is 9.37. The van der Waals surface area contributed by atoms with Crippen molar-refractivity contribution in [3.05, 3.63) is 54.4 Å². The molecule has 0 spiro atoms. The van der Waals surface area contributed by atoms with Crippen LogP contribution in [0.2, 0.25) is 0 Å². The number of carboxylic acid groups (broad SMARTS) is 1. The molecule has 2 aromatic rings. The van der Waals surface area contributed by atoms with Crippen molar-refractivity contribution in [1.29, 1.82) is 0 Å². The summed E-state index contributed by atoms with van der Waals surface area (Å²) >= 11 is 0. The van der Waals surface area contributed by atoms with Gasteiger partial charge in [-0.05, 0) is 49.1 Å². The SMILES string of the molecule is O=C(O)NCC1CCC(CNC(=O)c2cncc(-c3ccccc3)c2)CC1. The maximum absolute atomic E-state index is 12.5. The highest BCUT2D eigenvalue weighted by molar-refractivity contribution is 5.95. The van der Waals surface area contributed by atoms with Crippen molar-refractivity contribution in [1.82, 2.24) is 15.6 Å². The number of nitrogens with one attached hydrogen (secondary N) is 2. The number of benzene rings is 1. The summed E-state index contributed by atoms with van der Waals surface area (Å²) in [6, 6.07) is 11.7. The monoisotopic (exact) mass is 367 g/mol. The molecule has 27 heavy (non-hydrogen) atoms. The van der Waals surface area contributed by atoms with E-state index in [0.29, 0.717) is 30.5 Å². The minimum absolute atomic E-state index is 0.102. The molecule has 0 radical (unpaired) electrons. The van der Waals surface area contributed by atoms with Gasteiger partial charge in [-0.15, -0.1) is 0 Å². The van der Waals surface area contributed by atoms with Gasteiger partial charge >= 0.3 is 6.09 Å². The Balaban J connectivity index is 1.48. The van der Waals surface area contributed by atoms with E-state index in [1.54, 1.807) is 12.4 Å². The van der Waals surface area contributed by atoms with E-state index in [1.807, 2.05) is 36.4 Å². The summed E-state index contributed by atoms with van der Waals surface area (Å²) in [5, 5.41) is 14.2. The topological polar surface area (TPSA) is 91.3 Å². The molecule has 1 fully saturated rings. The number of rotatable bonds is 6. The lowest BCUT2D eigenvalue weighted by atomic mass is 9.82. The Bertz CT molecular complexity index is 771. The minimum Gasteiger partial charge on any atom is -0.465 e. The molecule has 0 unspecified atom stereocenters. The second-order valence-corrected chi connectivity index (χ2v) is 7.11. The van der Waals surface area contributed by atoms with E-state index >= 15 is 0 Å². The summed E-state index contributed by atoms with van der Waals surface area (Å²) in [6.45, 7) is 1.17. The largest absolute Gasteiger partial charge is 0.465 e. The third-order valence-corrected chi connectivity index (χ3v) is 5.17. The Morgan fingerprint density at radius 2 is 1.56 bits per heavy atom. The fraction of sp³-hybridized carbons (Fsp3) is 0.381. The average Bonchev–Trinajstić information content (AvgIpc) is 2.72. The van der Waals surface area contributed by atoms with Gasteiger partial charge in [-0.2, -0.15) is 0 Å². The number of nitrogens with zero attached hydrogens (tertiary/aromatic N) is 1. The molecule has 1 heterocycles. The molecule has 0 saturated heterocycles. The first-order chi connectivity index (χ1) is 13.1. The second-order valence-electron chi connectivity index (χ2n) is 7.11. The Morgan fingerprint density at radius 3 is 2.19 bits per heavy atom. The molecule has 3 rings (SSSR count). The molecule has 2 amide bonds. The van der Waals surface area contributed by atoms with E-state index in [0.717, 1.165) is 36.8 Å². The van der Waals surface area contributed by atoms with Gasteiger partial charge in [0.15, 0.2) is 0 Å². The summed E-state index contributed by atoms with van der Waals surface area (Å²) in [5.41, 5.74) is 2.53. The van der Waals surface area contributed by atoms with Crippen molar-refractivity contribution in [2.75, 3.05) is 13.1 Å². The Hall–Kier alpha value is -2.89. The molecule has 1 aromatic carbocycles. The zero-order valence-electron chi connectivity index (χ0n) is 15.2. The summed E-state index contributed by atoms with van der Waals surface area (Å²) in [6.07, 6.45) is 6.39. The number of amides is 2. The number of pyridine rings is 1. The van der Waals surface area contributed by atoms with E-state index in [2.05, 4.69) is 15.6 Å². The van der Waals surface area contributed by atoms with Crippen LogP contribution in [0, 0.1) is 11.8 Å². The summed E-state index contributed by atoms with van der Waals surface area (Å²) in [7, 11) is 0. The van der Waals surface area contributed by atoms with Crippen LogP contribution >= 0.6 is 0 Å². The highest BCUT2D eigenvalue weighted by Crippen LogP contribution is 2.28. The normalized spacial score (nSPS) is 19.3. The molecule has 6 heteroatoms. The quantitative estimate of drug-likeness (QED) is 0.728. The van der Waals surface area contributed by atoms with Gasteiger partial charge in [0.2, 0.25) is 0 Å². The molecule has 0 bridgehead atoms. The van der Waals surface area contributed by atoms with E-state index in [9.17, 15) is 9.59 Å². The Labute approximate surface area is 159 Å². The molecule has 1 saturated carbocycles. The molecule has 142 valence electrons. The lowest BCUT2D eigenvalue weighted by molar-refractivity contribution is 0.0940. The maximum atomic E-state index is 12.5. The van der Waals surface area contributed by atoms with Gasteiger partial charge in [-0.1, -0.05) is 30.3 Å². The highest BCUT2D eigenvalue weighted by Gasteiger charge is 2.22. The molecule has 0 atom stereocenters. The first kappa shape index (κ1) is 18.9. The number of aromatic nitrogens is 1. The summed E-state index contributed by atoms with van der Waals surface area (Å²) in [4.78, 5) is 27.3. The number of hydrogen-bond donors (Lipinski definition) is 3. The van der Waals surface area contributed by atoms with E-state index < -0.39 is 6.09 Å². The minimum atomic E-state index is -0.962. The van der Waals surface area contributed by atoms with Crippen LogP contribution in [0.3, 0.4) is 0 Å². The molecule has 1 aliphatic rings. The van der Waals surface area contributed by atoms with Gasteiger partial charge in [0.05, 0.1) is 5.56 Å². The predicted molar refractivity (Wildman–Crippen MR) is 103 cm³/mol. The Morgan fingerprint density at radius 1 is 0.926 bits per heavy atom. The van der Waals surface area contributed by atoms with Gasteiger partial charge < -0.3 is 15.7 Å². The van der Waals surface area contributed by atoms with Crippen molar-refractivity contribution >= 4 is 12.0 Å². The van der Waals surface area contributed by atoms with Crippen molar-refractivity contribution in [3.8, 4) is 11.1 Å². The average molecular weight is 367 g/mol. The van der Waals surface area contributed by atoms with Crippen molar-refractivity contribution in [2.24, 2.45) is 11.8 Å². The zero-order valence-corrected chi connectivity index (χ0v) is 15.2. The van der Waals surface area contributed by atoms with E-state index in [4.69, 9.17) is 5.11 Å². The van der Waals surface area contributed by atoms with Gasteiger partial charge in [0.1, 0.15) is 0 Å². The lowest BCUT2D eigenvalue weighted by Gasteiger charge is -2.28. The predicted octanol–water partition coefficient (Wildman–Crippen LogP) is 3.55. The van der Waals surface area contributed by atoms with Crippen LogP contribution in [0.5, 0.6) is 0 Å². The van der Waals surface area contributed by atoms with E-state index in [-0.39, 0.29) is 5.91 Å². The van der Waals surface area contributed by atoms with Crippen LogP contribution in [0.4, 0.5) is 4.79 Å².